The largest absolute Gasteiger partial charge is 0.478 e. The van der Waals surface area contributed by atoms with E-state index >= 15 is 0 Å². The Hall–Kier alpha value is -2.02. The van der Waals surface area contributed by atoms with Gasteiger partial charge in [0.2, 0.25) is 0 Å². The fourth-order valence-corrected chi connectivity index (χ4v) is 2.13. The monoisotopic (exact) mass is 360 g/mol. The van der Waals surface area contributed by atoms with E-state index in [9.17, 15) is 18.0 Å². The molecule has 0 aliphatic rings. The normalized spacial score (nSPS) is 11.2. The fraction of sp³-hybridized carbons (Fsp3) is 0.0714. The molecule has 0 aromatic heterocycles. The molecule has 0 radical (unpaired) electrons. The zero-order valence-electron chi connectivity index (χ0n) is 10.3. The van der Waals surface area contributed by atoms with Gasteiger partial charge in [-0.2, -0.15) is 13.2 Å². The summed E-state index contributed by atoms with van der Waals surface area (Å²) < 4.78 is 43.3. The Morgan fingerprint density at radius 2 is 1.76 bits per heavy atom. The van der Waals surface area contributed by atoms with Crippen LogP contribution in [0.5, 0.6) is 11.5 Å². The average Bonchev–Trinajstić information content (AvgIpc) is 2.37. The van der Waals surface area contributed by atoms with Crippen LogP contribution in [0.4, 0.5) is 13.2 Å². The number of alkyl halides is 3. The van der Waals surface area contributed by atoms with E-state index in [1.54, 1.807) is 0 Å². The first-order valence-electron chi connectivity index (χ1n) is 5.65. The lowest BCUT2D eigenvalue weighted by Crippen LogP contribution is -2.04. The zero-order chi connectivity index (χ0) is 15.6. The first-order valence-corrected chi connectivity index (χ1v) is 6.44. The fourth-order valence-electron chi connectivity index (χ4n) is 1.60. The molecule has 0 aliphatic heterocycles. The van der Waals surface area contributed by atoms with E-state index in [1.807, 2.05) is 0 Å². The third kappa shape index (κ3) is 3.75. The standard InChI is InChI=1S/C14H8BrF3O3/c15-12-7-10(4-5-11(12)13(19)20)21-9-3-1-2-8(6-9)14(16,17)18/h1-7H,(H,19,20). The molecular formula is C14H8BrF3O3. The molecule has 0 saturated heterocycles. The number of rotatable bonds is 3. The first-order chi connectivity index (χ1) is 9.77. The minimum absolute atomic E-state index is 0.0137. The number of benzene rings is 2. The third-order valence-corrected chi connectivity index (χ3v) is 3.22. The van der Waals surface area contributed by atoms with Crippen molar-refractivity contribution in [3.63, 3.8) is 0 Å². The van der Waals surface area contributed by atoms with E-state index in [2.05, 4.69) is 15.9 Å². The van der Waals surface area contributed by atoms with Gasteiger partial charge >= 0.3 is 12.1 Å². The van der Waals surface area contributed by atoms with E-state index in [-0.39, 0.29) is 21.5 Å². The van der Waals surface area contributed by atoms with Crippen LogP contribution in [0.15, 0.2) is 46.9 Å². The number of carboxylic acids is 1. The van der Waals surface area contributed by atoms with Gasteiger partial charge in [0, 0.05) is 4.47 Å². The van der Waals surface area contributed by atoms with Crippen LogP contribution in [-0.4, -0.2) is 11.1 Å². The molecule has 3 nitrogen and oxygen atoms in total. The van der Waals surface area contributed by atoms with Crippen LogP contribution < -0.4 is 4.74 Å². The number of hydrogen-bond donors (Lipinski definition) is 1. The predicted octanol–water partition coefficient (Wildman–Crippen LogP) is 4.96. The molecule has 0 amide bonds. The highest BCUT2D eigenvalue weighted by Gasteiger charge is 2.30. The summed E-state index contributed by atoms with van der Waals surface area (Å²) in [5.41, 5.74) is -0.785. The van der Waals surface area contributed by atoms with E-state index in [0.29, 0.717) is 0 Å². The lowest BCUT2D eigenvalue weighted by atomic mass is 10.2. The molecular weight excluding hydrogens is 353 g/mol. The van der Waals surface area contributed by atoms with Gasteiger partial charge in [-0.3, -0.25) is 0 Å². The lowest BCUT2D eigenvalue weighted by molar-refractivity contribution is -0.137. The summed E-state index contributed by atoms with van der Waals surface area (Å²) in [4.78, 5) is 10.9. The highest BCUT2D eigenvalue weighted by atomic mass is 79.9. The van der Waals surface area contributed by atoms with Crippen LogP contribution in [0, 0.1) is 0 Å². The smallest absolute Gasteiger partial charge is 0.416 e. The average molecular weight is 361 g/mol. The van der Waals surface area contributed by atoms with Crippen molar-refractivity contribution in [1.82, 2.24) is 0 Å². The molecule has 0 aliphatic carbocycles. The molecule has 110 valence electrons. The maximum Gasteiger partial charge on any atom is 0.416 e. The Morgan fingerprint density at radius 1 is 1.10 bits per heavy atom. The summed E-state index contributed by atoms with van der Waals surface area (Å²) in [6.45, 7) is 0. The third-order valence-electron chi connectivity index (χ3n) is 2.57. The number of ether oxygens (including phenoxy) is 1. The second-order valence-corrected chi connectivity index (χ2v) is 4.93. The van der Waals surface area contributed by atoms with Crippen molar-refractivity contribution >= 4 is 21.9 Å². The summed E-state index contributed by atoms with van der Waals surface area (Å²) in [5, 5.41) is 8.88. The highest BCUT2D eigenvalue weighted by molar-refractivity contribution is 9.10. The second kappa shape index (κ2) is 5.77. The minimum Gasteiger partial charge on any atom is -0.478 e. The van der Waals surface area contributed by atoms with Crippen molar-refractivity contribution in [1.29, 1.82) is 0 Å². The van der Waals surface area contributed by atoms with Gasteiger partial charge in [0.25, 0.3) is 0 Å². The van der Waals surface area contributed by atoms with Crippen LogP contribution in [0.25, 0.3) is 0 Å². The lowest BCUT2D eigenvalue weighted by Gasteiger charge is -2.10. The zero-order valence-corrected chi connectivity index (χ0v) is 11.9. The van der Waals surface area contributed by atoms with Gasteiger partial charge in [0.15, 0.2) is 0 Å². The van der Waals surface area contributed by atoms with Crippen LogP contribution >= 0.6 is 15.9 Å². The summed E-state index contributed by atoms with van der Waals surface area (Å²) >= 11 is 3.07. The SMILES string of the molecule is O=C(O)c1ccc(Oc2cccc(C(F)(F)F)c2)cc1Br. The molecule has 1 N–H and O–H groups in total. The molecule has 0 atom stereocenters. The summed E-state index contributed by atoms with van der Waals surface area (Å²) in [6.07, 6.45) is -4.45. The van der Waals surface area contributed by atoms with E-state index in [4.69, 9.17) is 9.84 Å². The Labute approximate surface area is 126 Å². The highest BCUT2D eigenvalue weighted by Crippen LogP contribution is 2.33. The molecule has 0 heterocycles. The maximum absolute atomic E-state index is 12.6. The topological polar surface area (TPSA) is 46.5 Å². The second-order valence-electron chi connectivity index (χ2n) is 4.07. The number of aromatic carboxylic acids is 1. The summed E-state index contributed by atoms with van der Waals surface area (Å²) in [5.74, 6) is -0.876. The molecule has 0 spiro atoms. The van der Waals surface area contributed by atoms with Crippen LogP contribution in [0.2, 0.25) is 0 Å². The molecule has 0 saturated carbocycles. The van der Waals surface area contributed by atoms with Gasteiger partial charge in [-0.25, -0.2) is 4.79 Å². The van der Waals surface area contributed by atoms with Crippen LogP contribution in [-0.2, 0) is 6.18 Å². The van der Waals surface area contributed by atoms with E-state index in [1.165, 1.54) is 30.3 Å². The van der Waals surface area contributed by atoms with E-state index < -0.39 is 17.7 Å². The van der Waals surface area contributed by atoms with Crippen molar-refractivity contribution in [2.24, 2.45) is 0 Å². The number of hydrogen-bond acceptors (Lipinski definition) is 2. The Kier molecular flexibility index (Phi) is 4.22. The molecule has 0 bridgehead atoms. The molecule has 0 unspecified atom stereocenters. The van der Waals surface area contributed by atoms with Crippen LogP contribution in [0.3, 0.4) is 0 Å². The van der Waals surface area contributed by atoms with Crippen molar-refractivity contribution < 1.29 is 27.8 Å². The number of carboxylic acid groups (broad SMARTS) is 1. The number of halogens is 4. The van der Waals surface area contributed by atoms with E-state index in [0.717, 1.165) is 12.1 Å². The van der Waals surface area contributed by atoms with Gasteiger partial charge in [-0.1, -0.05) is 6.07 Å². The molecule has 21 heavy (non-hydrogen) atoms. The summed E-state index contributed by atoms with van der Waals surface area (Å²) in [7, 11) is 0. The Bertz CT molecular complexity index is 683. The predicted molar refractivity (Wildman–Crippen MR) is 72.6 cm³/mol. The Balaban J connectivity index is 2.27. The van der Waals surface area contributed by atoms with Crippen molar-refractivity contribution in [3.8, 4) is 11.5 Å². The molecule has 2 rings (SSSR count). The van der Waals surface area contributed by atoms with Gasteiger partial charge in [0.1, 0.15) is 11.5 Å². The molecule has 2 aromatic carbocycles. The summed E-state index contributed by atoms with van der Waals surface area (Å²) in [6, 6.07) is 8.48. The van der Waals surface area contributed by atoms with Gasteiger partial charge in [-0.15, -0.1) is 0 Å². The minimum atomic E-state index is -4.45. The maximum atomic E-state index is 12.6. The quantitative estimate of drug-likeness (QED) is 0.841. The van der Waals surface area contributed by atoms with Crippen molar-refractivity contribution in [2.75, 3.05) is 0 Å². The Morgan fingerprint density at radius 3 is 2.33 bits per heavy atom. The van der Waals surface area contributed by atoms with Gasteiger partial charge in [-0.05, 0) is 52.3 Å². The molecule has 7 heteroatoms. The van der Waals surface area contributed by atoms with Crippen molar-refractivity contribution in [2.45, 2.75) is 6.18 Å². The van der Waals surface area contributed by atoms with Crippen LogP contribution in [0.1, 0.15) is 15.9 Å². The first kappa shape index (κ1) is 15.4. The number of carbonyl (C=O) groups is 1. The molecule has 2 aromatic rings. The van der Waals surface area contributed by atoms with Crippen molar-refractivity contribution in [3.05, 3.63) is 58.1 Å². The van der Waals surface area contributed by atoms with Gasteiger partial charge in [0.05, 0.1) is 11.1 Å². The van der Waals surface area contributed by atoms with Gasteiger partial charge < -0.3 is 9.84 Å². The molecule has 0 fully saturated rings.